The van der Waals surface area contributed by atoms with Crippen LogP contribution in [0.3, 0.4) is 0 Å². The molecule has 0 aliphatic rings. The van der Waals surface area contributed by atoms with E-state index in [2.05, 4.69) is 10.6 Å². The molecule has 0 aromatic heterocycles. The molecule has 0 fully saturated rings. The summed E-state index contributed by atoms with van der Waals surface area (Å²) in [5.41, 5.74) is 7.38. The largest absolute Gasteiger partial charge is 0.396 e. The number of amides is 2. The van der Waals surface area contributed by atoms with Crippen LogP contribution in [0.4, 0.5) is 0 Å². The van der Waals surface area contributed by atoms with Crippen LogP contribution in [0.5, 0.6) is 0 Å². The van der Waals surface area contributed by atoms with Gasteiger partial charge in [0.25, 0.3) is 0 Å². The molecule has 0 saturated carbocycles. The van der Waals surface area contributed by atoms with E-state index in [-0.39, 0.29) is 19.7 Å². The van der Waals surface area contributed by atoms with E-state index in [1.54, 1.807) is 0 Å². The van der Waals surface area contributed by atoms with E-state index < -0.39 is 11.8 Å². The lowest BCUT2D eigenvalue weighted by Crippen LogP contribution is -2.40. The van der Waals surface area contributed by atoms with Crippen molar-refractivity contribution in [1.29, 1.82) is 0 Å². The van der Waals surface area contributed by atoms with E-state index in [0.29, 0.717) is 13.0 Å². The molecule has 0 spiro atoms. The van der Waals surface area contributed by atoms with Crippen molar-refractivity contribution in [3.05, 3.63) is 35.4 Å². The summed E-state index contributed by atoms with van der Waals surface area (Å²) in [6, 6.07) is 7.48. The highest BCUT2D eigenvalue weighted by atomic mass is 16.3. The van der Waals surface area contributed by atoms with Gasteiger partial charge in [0, 0.05) is 26.2 Å². The minimum atomic E-state index is -0.691. The number of carbonyl (C=O) groups excluding carboxylic acids is 2. The Hall–Kier alpha value is -1.92. The fourth-order valence-corrected chi connectivity index (χ4v) is 1.49. The molecule has 0 unspecified atom stereocenters. The molecule has 0 radical (unpaired) electrons. The number of aliphatic hydroxyl groups is 1. The van der Waals surface area contributed by atoms with E-state index >= 15 is 0 Å². The molecule has 0 atom stereocenters. The fraction of sp³-hybridized carbons (Fsp3) is 0.385. The normalized spacial score (nSPS) is 10.0. The molecule has 104 valence electrons. The minimum Gasteiger partial charge on any atom is -0.396 e. The van der Waals surface area contributed by atoms with Crippen molar-refractivity contribution < 1.29 is 14.7 Å². The Morgan fingerprint density at radius 3 is 2.53 bits per heavy atom. The Bertz CT molecular complexity index is 435. The van der Waals surface area contributed by atoms with Gasteiger partial charge in [0.15, 0.2) is 0 Å². The summed E-state index contributed by atoms with van der Waals surface area (Å²) in [4.78, 5) is 22.8. The fourth-order valence-electron chi connectivity index (χ4n) is 1.49. The third-order valence-electron chi connectivity index (χ3n) is 2.51. The maximum atomic E-state index is 11.5. The topological polar surface area (TPSA) is 104 Å². The van der Waals surface area contributed by atoms with Crippen molar-refractivity contribution in [2.75, 3.05) is 13.2 Å². The number of benzene rings is 1. The Kier molecular flexibility index (Phi) is 6.56. The summed E-state index contributed by atoms with van der Waals surface area (Å²) in [5.74, 6) is -1.38. The molecule has 0 aliphatic carbocycles. The number of nitrogens with two attached hydrogens (primary N) is 1. The van der Waals surface area contributed by atoms with Gasteiger partial charge >= 0.3 is 11.8 Å². The predicted octanol–water partition coefficient (Wildman–Crippen LogP) is -0.740. The zero-order valence-electron chi connectivity index (χ0n) is 10.7. The second-order valence-corrected chi connectivity index (χ2v) is 4.04. The van der Waals surface area contributed by atoms with Crippen molar-refractivity contribution in [1.82, 2.24) is 10.6 Å². The molecule has 1 aromatic rings. The quantitative estimate of drug-likeness (QED) is 0.401. The number of carbonyl (C=O) groups is 2. The van der Waals surface area contributed by atoms with E-state index in [4.69, 9.17) is 10.8 Å². The summed E-state index contributed by atoms with van der Waals surface area (Å²) in [6.07, 6.45) is 0.428. The Morgan fingerprint density at radius 1 is 1.16 bits per heavy atom. The van der Waals surface area contributed by atoms with Gasteiger partial charge in [-0.3, -0.25) is 9.59 Å². The SMILES string of the molecule is NCc1cccc(CNC(=O)C(=O)NCCCO)c1. The standard InChI is InChI=1S/C13H19N3O3/c14-8-10-3-1-4-11(7-10)9-16-13(19)12(18)15-5-2-6-17/h1,3-4,7,17H,2,5-6,8-9,14H2,(H,15,18)(H,16,19). The first-order chi connectivity index (χ1) is 9.17. The Balaban J connectivity index is 2.38. The van der Waals surface area contributed by atoms with Crippen LogP contribution in [0.2, 0.25) is 0 Å². The van der Waals surface area contributed by atoms with Crippen molar-refractivity contribution in [2.24, 2.45) is 5.73 Å². The molecular weight excluding hydrogens is 246 g/mol. The minimum absolute atomic E-state index is 0.0201. The maximum Gasteiger partial charge on any atom is 0.309 e. The average Bonchev–Trinajstić information content (AvgIpc) is 2.45. The molecule has 2 amide bonds. The zero-order valence-corrected chi connectivity index (χ0v) is 10.7. The summed E-state index contributed by atoms with van der Waals surface area (Å²) in [5, 5.41) is 13.5. The van der Waals surface area contributed by atoms with Gasteiger partial charge in [0.1, 0.15) is 0 Å². The predicted molar refractivity (Wildman–Crippen MR) is 70.9 cm³/mol. The van der Waals surface area contributed by atoms with E-state index in [9.17, 15) is 9.59 Å². The van der Waals surface area contributed by atoms with Gasteiger partial charge in [-0.25, -0.2) is 0 Å². The van der Waals surface area contributed by atoms with Gasteiger partial charge in [-0.2, -0.15) is 0 Å². The van der Waals surface area contributed by atoms with Crippen molar-refractivity contribution >= 4 is 11.8 Å². The van der Waals surface area contributed by atoms with Gasteiger partial charge in [-0.1, -0.05) is 24.3 Å². The van der Waals surface area contributed by atoms with E-state index in [1.165, 1.54) is 0 Å². The van der Waals surface area contributed by atoms with Gasteiger partial charge in [-0.15, -0.1) is 0 Å². The number of aliphatic hydroxyl groups excluding tert-OH is 1. The van der Waals surface area contributed by atoms with Crippen LogP contribution in [0.25, 0.3) is 0 Å². The number of nitrogens with one attached hydrogen (secondary N) is 2. The first-order valence-electron chi connectivity index (χ1n) is 6.12. The number of rotatable bonds is 6. The molecular formula is C13H19N3O3. The third kappa shape index (κ3) is 5.50. The van der Waals surface area contributed by atoms with Crippen molar-refractivity contribution in [2.45, 2.75) is 19.5 Å². The van der Waals surface area contributed by atoms with Crippen LogP contribution in [-0.4, -0.2) is 30.1 Å². The van der Waals surface area contributed by atoms with Crippen molar-refractivity contribution in [3.63, 3.8) is 0 Å². The molecule has 0 heterocycles. The molecule has 0 bridgehead atoms. The summed E-state index contributed by atoms with van der Waals surface area (Å²) in [7, 11) is 0. The van der Waals surface area contributed by atoms with Crippen LogP contribution in [0, 0.1) is 0 Å². The van der Waals surface area contributed by atoms with Crippen LogP contribution in [-0.2, 0) is 22.7 Å². The molecule has 0 aliphatic heterocycles. The Labute approximate surface area is 112 Å². The lowest BCUT2D eigenvalue weighted by Gasteiger charge is -2.07. The van der Waals surface area contributed by atoms with Gasteiger partial charge in [0.2, 0.25) is 0 Å². The second-order valence-electron chi connectivity index (χ2n) is 4.04. The first-order valence-corrected chi connectivity index (χ1v) is 6.12. The first kappa shape index (κ1) is 15.1. The second kappa shape index (κ2) is 8.23. The van der Waals surface area contributed by atoms with Gasteiger partial charge in [-0.05, 0) is 17.5 Å². The number of hydrogen-bond donors (Lipinski definition) is 4. The van der Waals surface area contributed by atoms with E-state index in [0.717, 1.165) is 11.1 Å². The van der Waals surface area contributed by atoms with Crippen LogP contribution >= 0.6 is 0 Å². The van der Waals surface area contributed by atoms with Gasteiger partial charge < -0.3 is 21.5 Å². The average molecular weight is 265 g/mol. The van der Waals surface area contributed by atoms with Crippen molar-refractivity contribution in [3.8, 4) is 0 Å². The van der Waals surface area contributed by atoms with Crippen LogP contribution in [0.15, 0.2) is 24.3 Å². The highest BCUT2D eigenvalue weighted by Crippen LogP contribution is 2.03. The maximum absolute atomic E-state index is 11.5. The molecule has 1 rings (SSSR count). The lowest BCUT2D eigenvalue weighted by molar-refractivity contribution is -0.139. The molecule has 6 heteroatoms. The molecule has 1 aromatic carbocycles. The van der Waals surface area contributed by atoms with Gasteiger partial charge in [0.05, 0.1) is 0 Å². The highest BCUT2D eigenvalue weighted by molar-refractivity contribution is 6.35. The Morgan fingerprint density at radius 2 is 1.84 bits per heavy atom. The summed E-state index contributed by atoms with van der Waals surface area (Å²) in [6.45, 7) is 0.975. The van der Waals surface area contributed by atoms with Crippen LogP contribution in [0.1, 0.15) is 17.5 Å². The lowest BCUT2D eigenvalue weighted by atomic mass is 10.1. The highest BCUT2D eigenvalue weighted by Gasteiger charge is 2.11. The third-order valence-corrected chi connectivity index (χ3v) is 2.51. The monoisotopic (exact) mass is 265 g/mol. The summed E-state index contributed by atoms with van der Waals surface area (Å²) < 4.78 is 0. The van der Waals surface area contributed by atoms with Crippen LogP contribution < -0.4 is 16.4 Å². The smallest absolute Gasteiger partial charge is 0.309 e. The molecule has 5 N–H and O–H groups in total. The summed E-state index contributed by atoms with van der Waals surface area (Å²) >= 11 is 0. The van der Waals surface area contributed by atoms with E-state index in [1.807, 2.05) is 24.3 Å². The molecule has 19 heavy (non-hydrogen) atoms. The number of hydrogen-bond acceptors (Lipinski definition) is 4. The molecule has 0 saturated heterocycles. The molecule has 6 nitrogen and oxygen atoms in total. The zero-order chi connectivity index (χ0) is 14.1.